The van der Waals surface area contributed by atoms with Crippen molar-refractivity contribution in [2.24, 2.45) is 17.1 Å². The van der Waals surface area contributed by atoms with E-state index in [-0.39, 0.29) is 6.04 Å². The van der Waals surface area contributed by atoms with E-state index >= 15 is 0 Å². The summed E-state index contributed by atoms with van der Waals surface area (Å²) in [5.41, 5.74) is 7.47. The van der Waals surface area contributed by atoms with E-state index in [1.165, 1.54) is 12.8 Å². The van der Waals surface area contributed by atoms with E-state index in [9.17, 15) is 0 Å². The standard InChI is InChI=1S/C17H26Cl2N2/c1-17(2,3)12-7-9-21(10-8-12)15(11-20)13-5-4-6-14(18)16(13)19/h4-6,12,15H,7-11,20H2,1-3H3. The minimum Gasteiger partial charge on any atom is -0.329 e. The van der Waals surface area contributed by atoms with Gasteiger partial charge in [0.25, 0.3) is 0 Å². The van der Waals surface area contributed by atoms with Gasteiger partial charge in [0.05, 0.1) is 10.0 Å². The Kier molecular flexibility index (Phi) is 5.59. The molecule has 0 bridgehead atoms. The molecule has 0 radical (unpaired) electrons. The average Bonchev–Trinajstić information content (AvgIpc) is 2.44. The van der Waals surface area contributed by atoms with Crippen molar-refractivity contribution < 1.29 is 0 Å². The molecule has 2 N–H and O–H groups in total. The highest BCUT2D eigenvalue weighted by Gasteiger charge is 2.32. The van der Waals surface area contributed by atoms with Crippen molar-refractivity contribution in [2.45, 2.75) is 39.7 Å². The lowest BCUT2D eigenvalue weighted by Crippen LogP contribution is -2.42. The molecular formula is C17H26Cl2N2. The quantitative estimate of drug-likeness (QED) is 0.867. The Balaban J connectivity index is 2.12. The third-order valence-electron chi connectivity index (χ3n) is 4.76. The summed E-state index contributed by atoms with van der Waals surface area (Å²) in [5, 5.41) is 1.25. The fourth-order valence-corrected chi connectivity index (χ4v) is 3.76. The van der Waals surface area contributed by atoms with Gasteiger partial charge in [-0.15, -0.1) is 0 Å². The number of piperidine rings is 1. The molecule has 118 valence electrons. The Morgan fingerprint density at radius 1 is 1.24 bits per heavy atom. The highest BCUT2D eigenvalue weighted by atomic mass is 35.5. The molecule has 1 fully saturated rings. The highest BCUT2D eigenvalue weighted by Crippen LogP contribution is 2.38. The summed E-state index contributed by atoms with van der Waals surface area (Å²) in [6.07, 6.45) is 2.44. The van der Waals surface area contributed by atoms with Gasteiger partial charge in [-0.05, 0) is 48.9 Å². The molecule has 0 aromatic heterocycles. The largest absolute Gasteiger partial charge is 0.329 e. The maximum Gasteiger partial charge on any atom is 0.0640 e. The maximum atomic E-state index is 6.37. The summed E-state index contributed by atoms with van der Waals surface area (Å²) in [6, 6.07) is 5.99. The van der Waals surface area contributed by atoms with Crippen LogP contribution in [-0.2, 0) is 0 Å². The molecule has 0 aliphatic carbocycles. The van der Waals surface area contributed by atoms with E-state index in [1.54, 1.807) is 0 Å². The number of nitrogens with zero attached hydrogens (tertiary/aromatic N) is 1. The molecule has 1 unspecified atom stereocenters. The van der Waals surface area contributed by atoms with Gasteiger partial charge < -0.3 is 5.73 Å². The van der Waals surface area contributed by atoms with E-state index in [0.29, 0.717) is 22.0 Å². The molecule has 2 nitrogen and oxygen atoms in total. The number of nitrogens with two attached hydrogens (primary N) is 1. The first-order valence-corrected chi connectivity index (χ1v) is 8.48. The smallest absolute Gasteiger partial charge is 0.0640 e. The third kappa shape index (κ3) is 3.92. The molecule has 1 aliphatic heterocycles. The second kappa shape index (κ2) is 6.87. The summed E-state index contributed by atoms with van der Waals surface area (Å²) < 4.78 is 0. The van der Waals surface area contributed by atoms with Crippen LogP contribution in [0.4, 0.5) is 0 Å². The van der Waals surface area contributed by atoms with E-state index in [2.05, 4.69) is 25.7 Å². The van der Waals surface area contributed by atoms with E-state index in [4.69, 9.17) is 28.9 Å². The second-order valence-electron chi connectivity index (χ2n) is 7.07. The number of hydrogen-bond acceptors (Lipinski definition) is 2. The van der Waals surface area contributed by atoms with E-state index in [1.807, 2.05) is 18.2 Å². The molecule has 1 aromatic carbocycles. The molecule has 2 rings (SSSR count). The minimum absolute atomic E-state index is 0.164. The summed E-state index contributed by atoms with van der Waals surface area (Å²) in [7, 11) is 0. The van der Waals surface area contributed by atoms with Crippen LogP contribution in [0.15, 0.2) is 18.2 Å². The van der Waals surface area contributed by atoms with Gasteiger partial charge in [0.2, 0.25) is 0 Å². The molecule has 0 spiro atoms. The molecule has 1 atom stereocenters. The molecule has 1 aromatic rings. The molecule has 1 saturated heterocycles. The van der Waals surface area contributed by atoms with Gasteiger partial charge in [0.15, 0.2) is 0 Å². The molecule has 1 heterocycles. The van der Waals surface area contributed by atoms with Crippen molar-refractivity contribution in [3.63, 3.8) is 0 Å². The summed E-state index contributed by atoms with van der Waals surface area (Å²) in [6.45, 7) is 9.73. The normalized spacial score (nSPS) is 19.7. The van der Waals surface area contributed by atoms with Gasteiger partial charge in [0, 0.05) is 12.6 Å². The first kappa shape index (κ1) is 17.1. The van der Waals surface area contributed by atoms with Gasteiger partial charge in [-0.1, -0.05) is 56.1 Å². The SMILES string of the molecule is CC(C)(C)C1CCN(C(CN)c2cccc(Cl)c2Cl)CC1. The van der Waals surface area contributed by atoms with Gasteiger partial charge >= 0.3 is 0 Å². The maximum absolute atomic E-state index is 6.37. The van der Waals surface area contributed by atoms with Crippen molar-refractivity contribution in [1.29, 1.82) is 0 Å². The monoisotopic (exact) mass is 328 g/mol. The molecular weight excluding hydrogens is 303 g/mol. The van der Waals surface area contributed by atoms with Crippen LogP contribution in [0.2, 0.25) is 10.0 Å². The van der Waals surface area contributed by atoms with Crippen molar-refractivity contribution in [2.75, 3.05) is 19.6 Å². The Bertz CT molecular complexity index is 474. The summed E-state index contributed by atoms with van der Waals surface area (Å²) in [5.74, 6) is 0.780. The van der Waals surface area contributed by atoms with E-state index in [0.717, 1.165) is 24.6 Å². The number of hydrogen-bond donors (Lipinski definition) is 1. The van der Waals surface area contributed by atoms with Crippen LogP contribution in [0.25, 0.3) is 0 Å². The lowest BCUT2D eigenvalue weighted by Gasteiger charge is -2.42. The molecule has 4 heteroatoms. The molecule has 1 aliphatic rings. The lowest BCUT2D eigenvalue weighted by atomic mass is 9.75. The van der Waals surface area contributed by atoms with Gasteiger partial charge in [-0.2, -0.15) is 0 Å². The predicted molar refractivity (Wildman–Crippen MR) is 92.0 cm³/mol. The Labute approximate surface area is 138 Å². The van der Waals surface area contributed by atoms with Crippen LogP contribution in [0.3, 0.4) is 0 Å². The summed E-state index contributed by atoms with van der Waals surface area (Å²) in [4.78, 5) is 2.46. The number of benzene rings is 1. The molecule has 0 amide bonds. The van der Waals surface area contributed by atoms with Gasteiger partial charge in [-0.25, -0.2) is 0 Å². The Hall–Kier alpha value is -0.280. The van der Waals surface area contributed by atoms with Crippen molar-refractivity contribution >= 4 is 23.2 Å². The van der Waals surface area contributed by atoms with Crippen LogP contribution in [-0.4, -0.2) is 24.5 Å². The third-order valence-corrected chi connectivity index (χ3v) is 5.59. The van der Waals surface area contributed by atoms with Crippen molar-refractivity contribution in [1.82, 2.24) is 4.90 Å². The Morgan fingerprint density at radius 2 is 1.86 bits per heavy atom. The number of halogens is 2. The van der Waals surface area contributed by atoms with Crippen molar-refractivity contribution in [3.05, 3.63) is 33.8 Å². The zero-order valence-corrected chi connectivity index (χ0v) is 14.7. The number of likely N-dealkylation sites (tertiary alicyclic amines) is 1. The predicted octanol–water partition coefficient (Wildman–Crippen LogP) is 4.75. The fourth-order valence-electron chi connectivity index (χ4n) is 3.33. The lowest BCUT2D eigenvalue weighted by molar-refractivity contribution is 0.0847. The van der Waals surface area contributed by atoms with Crippen LogP contribution in [0.1, 0.15) is 45.2 Å². The minimum atomic E-state index is 0.164. The second-order valence-corrected chi connectivity index (χ2v) is 7.86. The van der Waals surface area contributed by atoms with Gasteiger partial charge in [-0.3, -0.25) is 4.90 Å². The summed E-state index contributed by atoms with van der Waals surface area (Å²) >= 11 is 12.5. The van der Waals surface area contributed by atoms with Crippen LogP contribution in [0, 0.1) is 11.3 Å². The fraction of sp³-hybridized carbons (Fsp3) is 0.647. The molecule has 21 heavy (non-hydrogen) atoms. The number of rotatable bonds is 3. The van der Waals surface area contributed by atoms with Crippen LogP contribution < -0.4 is 5.73 Å². The molecule has 0 saturated carbocycles. The zero-order valence-electron chi connectivity index (χ0n) is 13.2. The Morgan fingerprint density at radius 3 is 2.38 bits per heavy atom. The van der Waals surface area contributed by atoms with Crippen LogP contribution in [0.5, 0.6) is 0 Å². The average molecular weight is 329 g/mol. The van der Waals surface area contributed by atoms with E-state index < -0.39 is 0 Å². The zero-order chi connectivity index (χ0) is 15.6. The first-order chi connectivity index (χ1) is 9.84. The topological polar surface area (TPSA) is 29.3 Å². The highest BCUT2D eigenvalue weighted by molar-refractivity contribution is 6.42. The van der Waals surface area contributed by atoms with Crippen LogP contribution >= 0.6 is 23.2 Å². The van der Waals surface area contributed by atoms with Gasteiger partial charge in [0.1, 0.15) is 0 Å². The first-order valence-electron chi connectivity index (χ1n) is 7.72. The van der Waals surface area contributed by atoms with Crippen molar-refractivity contribution in [3.8, 4) is 0 Å².